The number of carbonyl (C=O) groups is 1. The van der Waals surface area contributed by atoms with Crippen LogP contribution in [-0.4, -0.2) is 11.1 Å². The molecular weight excluding hydrogens is 188 g/mol. The van der Waals surface area contributed by atoms with E-state index in [0.29, 0.717) is 6.42 Å². The lowest BCUT2D eigenvalue weighted by atomic mass is 10.1. The molecule has 2 heteroatoms. The van der Waals surface area contributed by atoms with Gasteiger partial charge in [0, 0.05) is 6.42 Å². The third-order valence-electron chi connectivity index (χ3n) is 2.41. The quantitative estimate of drug-likeness (QED) is 0.436. The van der Waals surface area contributed by atoms with Gasteiger partial charge >= 0.3 is 5.97 Å². The molecule has 0 atom stereocenters. The Morgan fingerprint density at radius 3 is 2.20 bits per heavy atom. The number of rotatable bonds is 10. The number of unbranched alkanes of at least 4 members (excludes halogenated alkanes) is 6. The highest BCUT2D eigenvalue weighted by atomic mass is 16.4. The first-order chi connectivity index (χ1) is 7.27. The van der Waals surface area contributed by atoms with Crippen LogP contribution in [0.25, 0.3) is 0 Å². The van der Waals surface area contributed by atoms with E-state index < -0.39 is 5.97 Å². The maximum Gasteiger partial charge on any atom is 0.303 e. The van der Waals surface area contributed by atoms with Crippen LogP contribution in [0.2, 0.25) is 0 Å². The third-order valence-corrected chi connectivity index (χ3v) is 2.41. The summed E-state index contributed by atoms with van der Waals surface area (Å²) >= 11 is 0. The molecule has 0 saturated carbocycles. The molecule has 0 fully saturated rings. The van der Waals surface area contributed by atoms with Crippen molar-refractivity contribution in [3.8, 4) is 0 Å². The standard InChI is InChI=1S/C13H24O2/c1-2-3-4-5-6-7-8-9-10-11-12-13(14)15/h3-4H,2,5-12H2,1H3,(H,14,15)/b4-3+. The number of carboxylic acids is 1. The topological polar surface area (TPSA) is 37.3 Å². The van der Waals surface area contributed by atoms with Gasteiger partial charge in [0.1, 0.15) is 0 Å². The van der Waals surface area contributed by atoms with Crippen molar-refractivity contribution < 1.29 is 9.90 Å². The highest BCUT2D eigenvalue weighted by molar-refractivity contribution is 5.66. The highest BCUT2D eigenvalue weighted by Crippen LogP contribution is 2.08. The number of carboxylic acid groups (broad SMARTS) is 1. The van der Waals surface area contributed by atoms with Crippen LogP contribution in [0.5, 0.6) is 0 Å². The molecule has 0 aromatic heterocycles. The van der Waals surface area contributed by atoms with E-state index in [9.17, 15) is 4.79 Å². The number of allylic oxidation sites excluding steroid dienone is 2. The minimum Gasteiger partial charge on any atom is -0.481 e. The van der Waals surface area contributed by atoms with E-state index in [-0.39, 0.29) is 0 Å². The maximum atomic E-state index is 10.2. The molecule has 0 spiro atoms. The second kappa shape index (κ2) is 11.3. The molecule has 0 rings (SSSR count). The molecule has 0 aliphatic carbocycles. The molecule has 2 nitrogen and oxygen atoms in total. The van der Waals surface area contributed by atoms with Crippen molar-refractivity contribution >= 4 is 5.97 Å². The number of hydrogen-bond acceptors (Lipinski definition) is 1. The largest absolute Gasteiger partial charge is 0.481 e. The molecule has 0 aliphatic rings. The first kappa shape index (κ1) is 14.2. The molecule has 1 N–H and O–H groups in total. The lowest BCUT2D eigenvalue weighted by Gasteiger charge is -1.99. The van der Waals surface area contributed by atoms with Crippen molar-refractivity contribution in [2.24, 2.45) is 0 Å². The SMILES string of the molecule is CC/C=C/CCCCCCCCC(=O)O. The van der Waals surface area contributed by atoms with Crippen LogP contribution in [0.15, 0.2) is 12.2 Å². The van der Waals surface area contributed by atoms with Crippen molar-refractivity contribution in [2.45, 2.75) is 64.7 Å². The summed E-state index contributed by atoms with van der Waals surface area (Å²) in [6, 6.07) is 0. The minimum atomic E-state index is -0.667. The second-order valence-electron chi connectivity index (χ2n) is 3.93. The zero-order valence-electron chi connectivity index (χ0n) is 9.87. The Morgan fingerprint density at radius 2 is 1.60 bits per heavy atom. The molecule has 0 radical (unpaired) electrons. The Bertz CT molecular complexity index is 173. The Kier molecular flexibility index (Phi) is 10.7. The van der Waals surface area contributed by atoms with Gasteiger partial charge in [-0.15, -0.1) is 0 Å². The second-order valence-corrected chi connectivity index (χ2v) is 3.93. The molecule has 0 saturated heterocycles. The van der Waals surface area contributed by atoms with E-state index in [1.807, 2.05) is 0 Å². The predicted octanol–water partition coefficient (Wildman–Crippen LogP) is 4.16. The Labute approximate surface area is 93.4 Å². The van der Waals surface area contributed by atoms with Gasteiger partial charge in [-0.1, -0.05) is 44.8 Å². The molecule has 0 aromatic rings. The fourth-order valence-corrected chi connectivity index (χ4v) is 1.53. The zero-order valence-corrected chi connectivity index (χ0v) is 9.87. The van der Waals surface area contributed by atoms with Gasteiger partial charge in [-0.05, 0) is 25.7 Å². The van der Waals surface area contributed by atoms with E-state index >= 15 is 0 Å². The highest BCUT2D eigenvalue weighted by Gasteiger charge is 1.95. The molecule has 15 heavy (non-hydrogen) atoms. The van der Waals surface area contributed by atoms with Crippen molar-refractivity contribution in [3.05, 3.63) is 12.2 Å². The summed E-state index contributed by atoms with van der Waals surface area (Å²) in [6.07, 6.45) is 14.0. The summed E-state index contributed by atoms with van der Waals surface area (Å²) in [5.41, 5.74) is 0. The van der Waals surface area contributed by atoms with E-state index in [0.717, 1.165) is 19.3 Å². The lowest BCUT2D eigenvalue weighted by Crippen LogP contribution is -1.93. The third kappa shape index (κ3) is 13.2. The summed E-state index contributed by atoms with van der Waals surface area (Å²) in [4.78, 5) is 10.2. The van der Waals surface area contributed by atoms with Gasteiger partial charge in [-0.25, -0.2) is 0 Å². The Hall–Kier alpha value is -0.790. The molecule has 0 aromatic carbocycles. The summed E-state index contributed by atoms with van der Waals surface area (Å²) in [6.45, 7) is 2.15. The number of hydrogen-bond donors (Lipinski definition) is 1. The molecule has 88 valence electrons. The van der Waals surface area contributed by atoms with Crippen molar-refractivity contribution in [3.63, 3.8) is 0 Å². The van der Waals surface area contributed by atoms with Gasteiger partial charge in [0.05, 0.1) is 0 Å². The molecule has 0 amide bonds. The average molecular weight is 212 g/mol. The Balaban J connectivity index is 2.99. The molecule has 0 unspecified atom stereocenters. The van der Waals surface area contributed by atoms with Crippen LogP contribution in [0.3, 0.4) is 0 Å². The van der Waals surface area contributed by atoms with Gasteiger partial charge in [0.25, 0.3) is 0 Å². The Morgan fingerprint density at radius 1 is 1.00 bits per heavy atom. The molecular formula is C13H24O2. The van der Waals surface area contributed by atoms with Crippen LogP contribution in [0.1, 0.15) is 64.7 Å². The fraction of sp³-hybridized carbons (Fsp3) is 0.769. The predicted molar refractivity (Wildman–Crippen MR) is 64.0 cm³/mol. The molecule has 0 bridgehead atoms. The van der Waals surface area contributed by atoms with Crippen LogP contribution < -0.4 is 0 Å². The first-order valence-electron chi connectivity index (χ1n) is 6.14. The van der Waals surface area contributed by atoms with Crippen molar-refractivity contribution in [2.75, 3.05) is 0 Å². The van der Waals surface area contributed by atoms with Crippen LogP contribution in [-0.2, 0) is 4.79 Å². The van der Waals surface area contributed by atoms with Crippen LogP contribution in [0.4, 0.5) is 0 Å². The summed E-state index contributed by atoms with van der Waals surface area (Å²) in [5, 5.41) is 8.43. The summed E-state index contributed by atoms with van der Waals surface area (Å²) < 4.78 is 0. The number of aliphatic carboxylic acids is 1. The summed E-state index contributed by atoms with van der Waals surface area (Å²) in [7, 11) is 0. The monoisotopic (exact) mass is 212 g/mol. The van der Waals surface area contributed by atoms with E-state index in [1.165, 1.54) is 32.1 Å². The molecule has 0 aliphatic heterocycles. The van der Waals surface area contributed by atoms with E-state index in [4.69, 9.17) is 5.11 Å². The van der Waals surface area contributed by atoms with Gasteiger partial charge in [0.2, 0.25) is 0 Å². The van der Waals surface area contributed by atoms with Gasteiger partial charge in [-0.2, -0.15) is 0 Å². The maximum absolute atomic E-state index is 10.2. The smallest absolute Gasteiger partial charge is 0.303 e. The van der Waals surface area contributed by atoms with E-state index in [2.05, 4.69) is 19.1 Å². The molecule has 0 heterocycles. The minimum absolute atomic E-state index is 0.333. The lowest BCUT2D eigenvalue weighted by molar-refractivity contribution is -0.137. The van der Waals surface area contributed by atoms with Gasteiger partial charge in [-0.3, -0.25) is 4.79 Å². The van der Waals surface area contributed by atoms with Crippen molar-refractivity contribution in [1.82, 2.24) is 0 Å². The van der Waals surface area contributed by atoms with Crippen LogP contribution in [0, 0.1) is 0 Å². The van der Waals surface area contributed by atoms with Crippen molar-refractivity contribution in [1.29, 1.82) is 0 Å². The van der Waals surface area contributed by atoms with Gasteiger partial charge in [0.15, 0.2) is 0 Å². The summed E-state index contributed by atoms with van der Waals surface area (Å²) in [5.74, 6) is -0.667. The van der Waals surface area contributed by atoms with E-state index in [1.54, 1.807) is 0 Å². The van der Waals surface area contributed by atoms with Gasteiger partial charge < -0.3 is 5.11 Å². The zero-order chi connectivity index (χ0) is 11.4. The average Bonchev–Trinajstić information content (AvgIpc) is 2.20. The fourth-order valence-electron chi connectivity index (χ4n) is 1.53. The van der Waals surface area contributed by atoms with Crippen LogP contribution >= 0.6 is 0 Å². The normalized spacial score (nSPS) is 11.0. The first-order valence-corrected chi connectivity index (χ1v) is 6.14.